The van der Waals surface area contributed by atoms with E-state index in [-0.39, 0.29) is 6.10 Å². The highest BCUT2D eigenvalue weighted by Crippen LogP contribution is 2.31. The van der Waals surface area contributed by atoms with Gasteiger partial charge in [-0.3, -0.25) is 4.79 Å². The minimum absolute atomic E-state index is 0.307. The number of carboxylic acid groups (broad SMARTS) is 1. The zero-order chi connectivity index (χ0) is 13.3. The third kappa shape index (κ3) is 2.60. The second kappa shape index (κ2) is 5.16. The molecule has 4 nitrogen and oxygen atoms in total. The van der Waals surface area contributed by atoms with Crippen LogP contribution in [0.3, 0.4) is 0 Å². The van der Waals surface area contributed by atoms with Crippen LogP contribution in [0.1, 0.15) is 24.8 Å². The highest BCUT2D eigenvalue weighted by molar-refractivity contribution is 6.33. The minimum atomic E-state index is -0.865. The molecule has 0 spiro atoms. The molecular formula is C13H16ClNO3. The fourth-order valence-electron chi connectivity index (χ4n) is 2.15. The second-order valence-electron chi connectivity index (χ2n) is 4.66. The number of aliphatic hydroxyl groups is 1. The number of benzene rings is 1. The Morgan fingerprint density at radius 2 is 2.28 bits per heavy atom. The van der Waals surface area contributed by atoms with Gasteiger partial charge in [0, 0.05) is 13.1 Å². The predicted molar refractivity (Wildman–Crippen MR) is 70.3 cm³/mol. The smallest absolute Gasteiger partial charge is 0.310 e. The maximum atomic E-state index is 10.9. The van der Waals surface area contributed by atoms with Gasteiger partial charge in [0.25, 0.3) is 0 Å². The van der Waals surface area contributed by atoms with Crippen molar-refractivity contribution in [2.75, 3.05) is 18.0 Å². The summed E-state index contributed by atoms with van der Waals surface area (Å²) in [5, 5.41) is 19.0. The van der Waals surface area contributed by atoms with Crippen LogP contribution in [0.25, 0.3) is 0 Å². The third-order valence-electron chi connectivity index (χ3n) is 3.35. The van der Waals surface area contributed by atoms with E-state index in [4.69, 9.17) is 16.7 Å². The molecule has 1 aliphatic heterocycles. The SMILES string of the molecule is CC(C(=O)O)c1ccc(N2CCC(O)C2)c(Cl)c1. The zero-order valence-electron chi connectivity index (χ0n) is 10.1. The van der Waals surface area contributed by atoms with Crippen molar-refractivity contribution in [1.29, 1.82) is 0 Å². The van der Waals surface area contributed by atoms with E-state index in [1.807, 2.05) is 11.0 Å². The van der Waals surface area contributed by atoms with E-state index in [9.17, 15) is 9.90 Å². The first-order chi connectivity index (χ1) is 8.49. The topological polar surface area (TPSA) is 60.8 Å². The molecule has 2 N–H and O–H groups in total. The Hall–Kier alpha value is -1.26. The maximum absolute atomic E-state index is 10.9. The first-order valence-electron chi connectivity index (χ1n) is 5.94. The van der Waals surface area contributed by atoms with E-state index in [0.717, 1.165) is 18.7 Å². The molecule has 0 amide bonds. The fraction of sp³-hybridized carbons (Fsp3) is 0.462. The van der Waals surface area contributed by atoms with Gasteiger partial charge in [0.1, 0.15) is 0 Å². The molecule has 98 valence electrons. The van der Waals surface area contributed by atoms with Gasteiger partial charge in [-0.25, -0.2) is 0 Å². The predicted octanol–water partition coefficient (Wildman–Crippen LogP) is 2.10. The van der Waals surface area contributed by atoms with E-state index < -0.39 is 11.9 Å². The van der Waals surface area contributed by atoms with Gasteiger partial charge in [-0.15, -0.1) is 0 Å². The van der Waals surface area contributed by atoms with Crippen molar-refractivity contribution in [3.63, 3.8) is 0 Å². The number of halogens is 1. The summed E-state index contributed by atoms with van der Waals surface area (Å²) in [6.07, 6.45) is 0.433. The van der Waals surface area contributed by atoms with Gasteiger partial charge in [0.15, 0.2) is 0 Å². The van der Waals surface area contributed by atoms with Crippen molar-refractivity contribution >= 4 is 23.3 Å². The Labute approximate surface area is 111 Å². The van der Waals surface area contributed by atoms with Gasteiger partial charge >= 0.3 is 5.97 Å². The fourth-order valence-corrected chi connectivity index (χ4v) is 2.46. The summed E-state index contributed by atoms with van der Waals surface area (Å²) >= 11 is 6.19. The molecular weight excluding hydrogens is 254 g/mol. The van der Waals surface area contributed by atoms with Crippen LogP contribution >= 0.6 is 11.6 Å². The number of aliphatic carboxylic acids is 1. The molecule has 2 unspecified atom stereocenters. The Morgan fingerprint density at radius 1 is 1.56 bits per heavy atom. The highest BCUT2D eigenvalue weighted by atomic mass is 35.5. The molecule has 2 atom stereocenters. The molecule has 1 fully saturated rings. The van der Waals surface area contributed by atoms with Gasteiger partial charge in [-0.2, -0.15) is 0 Å². The number of hydrogen-bond acceptors (Lipinski definition) is 3. The first kappa shape index (κ1) is 13.2. The van der Waals surface area contributed by atoms with Crippen molar-refractivity contribution in [3.8, 4) is 0 Å². The van der Waals surface area contributed by atoms with E-state index in [1.54, 1.807) is 19.1 Å². The number of nitrogens with zero attached hydrogens (tertiary/aromatic N) is 1. The van der Waals surface area contributed by atoms with E-state index in [0.29, 0.717) is 17.1 Å². The Bertz CT molecular complexity index is 464. The average Bonchev–Trinajstić information content (AvgIpc) is 2.74. The monoisotopic (exact) mass is 269 g/mol. The molecule has 2 rings (SSSR count). The van der Waals surface area contributed by atoms with Gasteiger partial charge in [0.2, 0.25) is 0 Å². The van der Waals surface area contributed by atoms with Gasteiger partial charge in [0.05, 0.1) is 22.7 Å². The molecule has 0 aliphatic carbocycles. The van der Waals surface area contributed by atoms with Crippen LogP contribution in [0.5, 0.6) is 0 Å². The van der Waals surface area contributed by atoms with Crippen LogP contribution in [0.4, 0.5) is 5.69 Å². The van der Waals surface area contributed by atoms with Crippen molar-refractivity contribution in [1.82, 2.24) is 0 Å². The molecule has 0 radical (unpaired) electrons. The van der Waals surface area contributed by atoms with Crippen molar-refractivity contribution in [2.45, 2.75) is 25.4 Å². The second-order valence-corrected chi connectivity index (χ2v) is 5.07. The molecule has 18 heavy (non-hydrogen) atoms. The van der Waals surface area contributed by atoms with Crippen LogP contribution in [-0.4, -0.2) is 35.4 Å². The number of aliphatic hydroxyl groups excluding tert-OH is 1. The number of anilines is 1. The summed E-state index contributed by atoms with van der Waals surface area (Å²) in [6.45, 7) is 2.98. The number of β-amino-alcohol motifs (C(OH)–C–C–N with tert-alkyl or cyclic N) is 1. The van der Waals surface area contributed by atoms with Crippen molar-refractivity contribution < 1.29 is 15.0 Å². The molecule has 0 bridgehead atoms. The summed E-state index contributed by atoms with van der Waals surface area (Å²) in [7, 11) is 0. The lowest BCUT2D eigenvalue weighted by Crippen LogP contribution is -2.21. The Balaban J connectivity index is 2.22. The van der Waals surface area contributed by atoms with Crippen molar-refractivity contribution in [2.24, 2.45) is 0 Å². The Kier molecular flexibility index (Phi) is 3.78. The molecule has 1 aliphatic rings. The quantitative estimate of drug-likeness (QED) is 0.882. The number of carbonyl (C=O) groups is 1. The molecule has 5 heteroatoms. The van der Waals surface area contributed by atoms with Crippen LogP contribution in [0, 0.1) is 0 Å². The van der Waals surface area contributed by atoms with Crippen LogP contribution in [0.15, 0.2) is 18.2 Å². The summed E-state index contributed by atoms with van der Waals surface area (Å²) in [5.74, 6) is -1.43. The summed E-state index contributed by atoms with van der Waals surface area (Å²) < 4.78 is 0. The molecule has 1 aromatic rings. The summed E-state index contributed by atoms with van der Waals surface area (Å²) in [6, 6.07) is 5.31. The van der Waals surface area contributed by atoms with Crippen LogP contribution < -0.4 is 4.90 Å². The van der Waals surface area contributed by atoms with Crippen LogP contribution in [0.2, 0.25) is 5.02 Å². The van der Waals surface area contributed by atoms with Gasteiger partial charge < -0.3 is 15.1 Å². The summed E-state index contributed by atoms with van der Waals surface area (Å²) in [4.78, 5) is 12.9. The lowest BCUT2D eigenvalue weighted by Gasteiger charge is -2.20. The molecule has 0 aromatic heterocycles. The highest BCUT2D eigenvalue weighted by Gasteiger charge is 2.23. The summed E-state index contributed by atoms with van der Waals surface area (Å²) in [5.41, 5.74) is 1.55. The standard InChI is InChI=1S/C13H16ClNO3/c1-8(13(17)18)9-2-3-12(11(14)6-9)15-5-4-10(16)7-15/h2-3,6,8,10,16H,4-5,7H2,1H3,(H,17,18). The zero-order valence-corrected chi connectivity index (χ0v) is 10.9. The first-order valence-corrected chi connectivity index (χ1v) is 6.32. The minimum Gasteiger partial charge on any atom is -0.481 e. The lowest BCUT2D eigenvalue weighted by atomic mass is 10.0. The Morgan fingerprint density at radius 3 is 2.78 bits per heavy atom. The lowest BCUT2D eigenvalue weighted by molar-refractivity contribution is -0.138. The van der Waals surface area contributed by atoms with E-state index >= 15 is 0 Å². The van der Waals surface area contributed by atoms with Gasteiger partial charge in [-0.05, 0) is 31.0 Å². The molecule has 1 aromatic carbocycles. The normalized spacial score (nSPS) is 21.1. The number of rotatable bonds is 3. The largest absolute Gasteiger partial charge is 0.481 e. The number of hydrogen-bond donors (Lipinski definition) is 2. The number of carboxylic acids is 1. The average molecular weight is 270 g/mol. The van der Waals surface area contributed by atoms with Crippen molar-refractivity contribution in [3.05, 3.63) is 28.8 Å². The maximum Gasteiger partial charge on any atom is 0.310 e. The van der Waals surface area contributed by atoms with E-state index in [1.165, 1.54) is 0 Å². The third-order valence-corrected chi connectivity index (χ3v) is 3.65. The molecule has 0 saturated carbocycles. The van der Waals surface area contributed by atoms with Crippen LogP contribution in [-0.2, 0) is 4.79 Å². The van der Waals surface area contributed by atoms with Gasteiger partial charge in [-0.1, -0.05) is 17.7 Å². The molecule has 1 heterocycles. The van der Waals surface area contributed by atoms with E-state index in [2.05, 4.69) is 0 Å². The molecule has 1 saturated heterocycles.